The van der Waals surface area contributed by atoms with Crippen molar-refractivity contribution in [3.8, 4) is 0 Å². The van der Waals surface area contributed by atoms with E-state index in [1.54, 1.807) is 6.92 Å². The second-order valence-corrected chi connectivity index (χ2v) is 4.39. The predicted octanol–water partition coefficient (Wildman–Crippen LogP) is 0.492. The Morgan fingerprint density at radius 2 is 2.29 bits per heavy atom. The quantitative estimate of drug-likeness (QED) is 0.636. The molecule has 0 saturated carbocycles. The van der Waals surface area contributed by atoms with Gasteiger partial charge in [0.15, 0.2) is 0 Å². The largest absolute Gasteiger partial charge is 0.465 e. The van der Waals surface area contributed by atoms with Crippen molar-refractivity contribution < 1.29 is 14.3 Å². The maximum Gasteiger partial charge on any atom is 0.323 e. The van der Waals surface area contributed by atoms with E-state index >= 15 is 0 Å². The second kappa shape index (κ2) is 6.59. The van der Waals surface area contributed by atoms with Crippen LogP contribution < -0.4 is 0 Å². The molecule has 0 unspecified atom stereocenters. The van der Waals surface area contributed by atoms with Crippen molar-refractivity contribution in [1.82, 2.24) is 9.80 Å². The Balaban J connectivity index is 2.30. The Bertz CT molecular complexity index is 281. The van der Waals surface area contributed by atoms with Crippen LogP contribution in [0.3, 0.4) is 0 Å². The van der Waals surface area contributed by atoms with Crippen molar-refractivity contribution in [3.63, 3.8) is 0 Å². The van der Waals surface area contributed by atoms with E-state index in [0.29, 0.717) is 26.1 Å². The van der Waals surface area contributed by atoms with Gasteiger partial charge in [0.2, 0.25) is 5.91 Å². The molecule has 0 aliphatic carbocycles. The molecule has 0 radical (unpaired) electrons. The number of hydrogen-bond acceptors (Lipinski definition) is 4. The summed E-state index contributed by atoms with van der Waals surface area (Å²) in [4.78, 5) is 26.7. The lowest BCUT2D eigenvalue weighted by molar-refractivity contribution is -0.148. The van der Waals surface area contributed by atoms with Gasteiger partial charge in [-0.2, -0.15) is 0 Å². The maximum absolute atomic E-state index is 11.5. The van der Waals surface area contributed by atoms with Crippen molar-refractivity contribution in [3.05, 3.63) is 0 Å². The highest BCUT2D eigenvalue weighted by atomic mass is 16.5. The summed E-state index contributed by atoms with van der Waals surface area (Å²) in [5, 5.41) is 0. The number of likely N-dealkylation sites (tertiary alicyclic amines) is 1. The third kappa shape index (κ3) is 4.00. The summed E-state index contributed by atoms with van der Waals surface area (Å²) in [5.74, 6) is 0.0185. The molecule has 1 saturated heterocycles. The molecule has 0 aromatic rings. The van der Waals surface area contributed by atoms with E-state index < -0.39 is 0 Å². The van der Waals surface area contributed by atoms with Gasteiger partial charge in [0.25, 0.3) is 0 Å². The molecule has 1 atom stereocenters. The van der Waals surface area contributed by atoms with Crippen LogP contribution in [0.15, 0.2) is 0 Å². The van der Waals surface area contributed by atoms with E-state index in [0.717, 1.165) is 13.0 Å². The van der Waals surface area contributed by atoms with Crippen molar-refractivity contribution in [2.24, 2.45) is 0 Å². The maximum atomic E-state index is 11.5. The van der Waals surface area contributed by atoms with E-state index in [9.17, 15) is 9.59 Å². The Kier molecular flexibility index (Phi) is 5.41. The van der Waals surface area contributed by atoms with Crippen LogP contribution in [0.1, 0.15) is 26.7 Å². The molecule has 17 heavy (non-hydrogen) atoms. The van der Waals surface area contributed by atoms with Crippen LogP contribution in [-0.2, 0) is 14.3 Å². The molecule has 1 heterocycles. The molecule has 0 aromatic heterocycles. The van der Waals surface area contributed by atoms with E-state index in [-0.39, 0.29) is 17.9 Å². The number of hydrogen-bond donors (Lipinski definition) is 0. The summed E-state index contributed by atoms with van der Waals surface area (Å²) in [6, 6.07) is -0.257. The minimum Gasteiger partial charge on any atom is -0.465 e. The van der Waals surface area contributed by atoms with Gasteiger partial charge in [-0.25, -0.2) is 0 Å². The fourth-order valence-corrected chi connectivity index (χ4v) is 1.86. The van der Waals surface area contributed by atoms with Gasteiger partial charge in [0.1, 0.15) is 6.04 Å². The summed E-state index contributed by atoms with van der Waals surface area (Å²) in [5.41, 5.74) is 0. The van der Waals surface area contributed by atoms with E-state index in [1.807, 2.05) is 23.8 Å². The number of likely N-dealkylation sites (N-methyl/N-ethyl adjacent to an activating group) is 1. The van der Waals surface area contributed by atoms with Crippen molar-refractivity contribution in [2.75, 3.05) is 33.3 Å². The van der Waals surface area contributed by atoms with Gasteiger partial charge in [-0.1, -0.05) is 0 Å². The first-order chi connectivity index (χ1) is 8.06. The summed E-state index contributed by atoms with van der Waals surface area (Å²) in [7, 11) is 1.88. The SMILES string of the molecule is CCOC(=O)[C@@H](C)N(C)CCN1CCCC1=O. The lowest BCUT2D eigenvalue weighted by Crippen LogP contribution is -2.42. The van der Waals surface area contributed by atoms with Crippen LogP contribution in [0.25, 0.3) is 0 Å². The molecule has 0 spiro atoms. The summed E-state index contributed by atoms with van der Waals surface area (Å²) < 4.78 is 4.96. The van der Waals surface area contributed by atoms with Crippen LogP contribution in [-0.4, -0.2) is 61.0 Å². The molecule has 98 valence electrons. The highest BCUT2D eigenvalue weighted by Crippen LogP contribution is 2.09. The van der Waals surface area contributed by atoms with E-state index in [4.69, 9.17) is 4.74 Å². The van der Waals surface area contributed by atoms with Gasteiger partial charge in [-0.3, -0.25) is 14.5 Å². The zero-order valence-electron chi connectivity index (χ0n) is 10.9. The zero-order valence-corrected chi connectivity index (χ0v) is 10.9. The highest BCUT2D eigenvalue weighted by molar-refractivity contribution is 5.78. The number of rotatable bonds is 6. The first-order valence-electron chi connectivity index (χ1n) is 6.21. The van der Waals surface area contributed by atoms with Crippen LogP contribution in [0.4, 0.5) is 0 Å². The molecule has 1 amide bonds. The van der Waals surface area contributed by atoms with E-state index in [1.165, 1.54) is 0 Å². The standard InChI is InChI=1S/C12H22N2O3/c1-4-17-12(16)10(2)13(3)8-9-14-7-5-6-11(14)15/h10H,4-9H2,1-3H3/t10-/m1/s1. The minimum atomic E-state index is -0.257. The molecule has 0 bridgehead atoms. The average Bonchev–Trinajstić information content (AvgIpc) is 2.71. The molecule has 5 nitrogen and oxygen atoms in total. The number of amides is 1. The highest BCUT2D eigenvalue weighted by Gasteiger charge is 2.23. The third-order valence-electron chi connectivity index (χ3n) is 3.18. The average molecular weight is 242 g/mol. The first-order valence-corrected chi connectivity index (χ1v) is 6.21. The molecule has 1 aliphatic heterocycles. The molecule has 1 rings (SSSR count). The van der Waals surface area contributed by atoms with Crippen molar-refractivity contribution in [1.29, 1.82) is 0 Å². The number of carbonyl (C=O) groups is 2. The topological polar surface area (TPSA) is 49.9 Å². The van der Waals surface area contributed by atoms with Crippen molar-refractivity contribution >= 4 is 11.9 Å². The number of ether oxygens (including phenoxy) is 1. The Labute approximate surface area is 103 Å². The zero-order chi connectivity index (χ0) is 12.8. The van der Waals surface area contributed by atoms with E-state index in [2.05, 4.69) is 0 Å². The molecular weight excluding hydrogens is 220 g/mol. The van der Waals surface area contributed by atoms with Crippen LogP contribution >= 0.6 is 0 Å². The lowest BCUT2D eigenvalue weighted by Gasteiger charge is -2.25. The molecule has 0 aromatic carbocycles. The van der Waals surface area contributed by atoms with Gasteiger partial charge in [0.05, 0.1) is 6.61 Å². The number of nitrogens with zero attached hydrogens (tertiary/aromatic N) is 2. The first kappa shape index (κ1) is 14.0. The van der Waals surface area contributed by atoms with Crippen LogP contribution in [0.2, 0.25) is 0 Å². The molecule has 5 heteroatoms. The van der Waals surface area contributed by atoms with Gasteiger partial charge < -0.3 is 9.64 Å². The number of carbonyl (C=O) groups excluding carboxylic acids is 2. The molecule has 1 fully saturated rings. The normalized spacial score (nSPS) is 17.6. The van der Waals surface area contributed by atoms with Gasteiger partial charge in [-0.05, 0) is 27.3 Å². The van der Waals surface area contributed by atoms with Gasteiger partial charge in [-0.15, -0.1) is 0 Å². The Morgan fingerprint density at radius 1 is 1.59 bits per heavy atom. The Hall–Kier alpha value is -1.10. The monoisotopic (exact) mass is 242 g/mol. The third-order valence-corrected chi connectivity index (χ3v) is 3.18. The summed E-state index contributed by atoms with van der Waals surface area (Å²) in [6.45, 7) is 6.27. The summed E-state index contributed by atoms with van der Waals surface area (Å²) in [6.07, 6.45) is 1.62. The fraction of sp³-hybridized carbons (Fsp3) is 0.833. The van der Waals surface area contributed by atoms with Crippen LogP contribution in [0.5, 0.6) is 0 Å². The molecular formula is C12H22N2O3. The molecule has 1 aliphatic rings. The van der Waals surface area contributed by atoms with Crippen LogP contribution in [0, 0.1) is 0 Å². The second-order valence-electron chi connectivity index (χ2n) is 4.39. The smallest absolute Gasteiger partial charge is 0.323 e. The minimum absolute atomic E-state index is 0.206. The Morgan fingerprint density at radius 3 is 2.82 bits per heavy atom. The fourth-order valence-electron chi connectivity index (χ4n) is 1.86. The lowest BCUT2D eigenvalue weighted by atomic mass is 10.3. The van der Waals surface area contributed by atoms with Gasteiger partial charge >= 0.3 is 5.97 Å². The van der Waals surface area contributed by atoms with Crippen molar-refractivity contribution in [2.45, 2.75) is 32.7 Å². The summed E-state index contributed by atoms with van der Waals surface area (Å²) >= 11 is 0. The predicted molar refractivity (Wildman–Crippen MR) is 64.5 cm³/mol. The molecule has 0 N–H and O–H groups in total. The van der Waals surface area contributed by atoms with Gasteiger partial charge in [0, 0.05) is 26.1 Å². The number of esters is 1.